The van der Waals surface area contributed by atoms with Crippen molar-refractivity contribution in [3.8, 4) is 0 Å². The molecule has 6 nitrogen and oxygen atoms in total. The van der Waals surface area contributed by atoms with Crippen LogP contribution >= 0.6 is 15.9 Å². The molecule has 29 heavy (non-hydrogen) atoms. The van der Waals surface area contributed by atoms with Crippen LogP contribution in [-0.2, 0) is 20.5 Å². The first-order valence-electron chi connectivity index (χ1n) is 7.92. The normalized spacial score (nSPS) is 10.9. The number of esters is 1. The number of hydrogen-bond acceptors (Lipinski definition) is 4. The maximum absolute atomic E-state index is 13.6. The van der Waals surface area contributed by atoms with Crippen LogP contribution in [-0.4, -0.2) is 30.9 Å². The van der Waals surface area contributed by atoms with Gasteiger partial charge in [-0.3, -0.25) is 14.4 Å². The molecule has 0 heterocycles. The van der Waals surface area contributed by atoms with Gasteiger partial charge in [-0.25, -0.2) is 4.39 Å². The summed E-state index contributed by atoms with van der Waals surface area (Å²) in [6.07, 6.45) is -4.53. The third kappa shape index (κ3) is 6.86. The Morgan fingerprint density at radius 1 is 1.03 bits per heavy atom. The van der Waals surface area contributed by atoms with Crippen molar-refractivity contribution in [3.05, 3.63) is 63.9 Å². The van der Waals surface area contributed by atoms with Crippen molar-refractivity contribution in [3.63, 3.8) is 0 Å². The van der Waals surface area contributed by atoms with Gasteiger partial charge < -0.3 is 15.4 Å². The third-order valence-electron chi connectivity index (χ3n) is 3.44. The Labute approximate surface area is 170 Å². The first kappa shape index (κ1) is 22.3. The molecule has 0 unspecified atom stereocenters. The van der Waals surface area contributed by atoms with Gasteiger partial charge in [-0.05, 0) is 42.5 Å². The second kappa shape index (κ2) is 9.50. The van der Waals surface area contributed by atoms with Crippen LogP contribution in [0.15, 0.2) is 46.9 Å². The molecule has 2 aromatic carbocycles. The second-order valence-corrected chi connectivity index (χ2v) is 6.51. The molecule has 0 bridgehead atoms. The van der Waals surface area contributed by atoms with Crippen molar-refractivity contribution in [1.82, 2.24) is 5.32 Å². The number of alkyl halides is 3. The molecule has 0 spiro atoms. The Morgan fingerprint density at radius 3 is 2.28 bits per heavy atom. The van der Waals surface area contributed by atoms with Crippen LogP contribution in [0.4, 0.5) is 23.2 Å². The Hall–Kier alpha value is -2.95. The van der Waals surface area contributed by atoms with E-state index in [1.165, 1.54) is 12.1 Å². The number of benzene rings is 2. The zero-order valence-electron chi connectivity index (χ0n) is 14.5. The molecule has 0 saturated heterocycles. The first-order valence-corrected chi connectivity index (χ1v) is 8.71. The minimum Gasteiger partial charge on any atom is -0.454 e. The Morgan fingerprint density at radius 2 is 1.69 bits per heavy atom. The highest BCUT2D eigenvalue weighted by atomic mass is 79.9. The summed E-state index contributed by atoms with van der Waals surface area (Å²) < 4.78 is 56.2. The summed E-state index contributed by atoms with van der Waals surface area (Å²) in [4.78, 5) is 35.1. The van der Waals surface area contributed by atoms with E-state index in [9.17, 15) is 31.9 Å². The van der Waals surface area contributed by atoms with E-state index in [1.54, 1.807) is 0 Å². The number of hydrogen-bond donors (Lipinski definition) is 2. The lowest BCUT2D eigenvalue weighted by atomic mass is 10.1. The summed E-state index contributed by atoms with van der Waals surface area (Å²) in [5.41, 5.74) is -1.11. The molecule has 0 aliphatic rings. The zero-order chi connectivity index (χ0) is 21.6. The predicted octanol–water partition coefficient (Wildman–Crippen LogP) is 3.52. The highest BCUT2D eigenvalue weighted by molar-refractivity contribution is 9.10. The Bertz CT molecular complexity index is 917. The molecule has 0 saturated carbocycles. The van der Waals surface area contributed by atoms with Gasteiger partial charge in [0.15, 0.2) is 6.61 Å². The van der Waals surface area contributed by atoms with Crippen LogP contribution in [0.3, 0.4) is 0 Å². The number of rotatable bonds is 6. The molecule has 2 rings (SSSR count). The highest BCUT2D eigenvalue weighted by Gasteiger charge is 2.30. The zero-order valence-corrected chi connectivity index (χ0v) is 16.1. The van der Waals surface area contributed by atoms with Gasteiger partial charge in [-0.2, -0.15) is 13.2 Å². The molecular formula is C18H13BrF4N2O4. The van der Waals surface area contributed by atoms with Gasteiger partial charge in [0.25, 0.3) is 11.8 Å². The SMILES string of the molecule is O=C(COC(=O)CNC(=O)c1ccc(C(F)(F)F)cc1)Nc1ccc(Br)cc1F. The van der Waals surface area contributed by atoms with Gasteiger partial charge >= 0.3 is 12.1 Å². The monoisotopic (exact) mass is 476 g/mol. The summed E-state index contributed by atoms with van der Waals surface area (Å²) in [5.74, 6) is -3.25. The van der Waals surface area contributed by atoms with Crippen LogP contribution in [0.25, 0.3) is 0 Å². The van der Waals surface area contributed by atoms with E-state index < -0.39 is 48.5 Å². The van der Waals surface area contributed by atoms with Gasteiger partial charge in [-0.15, -0.1) is 0 Å². The molecule has 0 radical (unpaired) electrons. The van der Waals surface area contributed by atoms with E-state index in [-0.39, 0.29) is 11.3 Å². The van der Waals surface area contributed by atoms with Crippen LogP contribution < -0.4 is 10.6 Å². The topological polar surface area (TPSA) is 84.5 Å². The summed E-state index contributed by atoms with van der Waals surface area (Å²) in [6.45, 7) is -1.33. The molecule has 11 heteroatoms. The van der Waals surface area contributed by atoms with Gasteiger partial charge in [0, 0.05) is 10.0 Å². The summed E-state index contributed by atoms with van der Waals surface area (Å²) >= 11 is 3.06. The number of carbonyl (C=O) groups is 3. The molecule has 2 amide bonds. The maximum atomic E-state index is 13.6. The lowest BCUT2D eigenvalue weighted by molar-refractivity contribution is -0.146. The fraction of sp³-hybridized carbons (Fsp3) is 0.167. The van der Waals surface area contributed by atoms with E-state index in [2.05, 4.69) is 31.3 Å². The largest absolute Gasteiger partial charge is 0.454 e. The lowest BCUT2D eigenvalue weighted by Crippen LogP contribution is -2.32. The first-order chi connectivity index (χ1) is 13.6. The third-order valence-corrected chi connectivity index (χ3v) is 3.93. The van der Waals surface area contributed by atoms with Crippen molar-refractivity contribution in [2.24, 2.45) is 0 Å². The van der Waals surface area contributed by atoms with Gasteiger partial charge in [0.1, 0.15) is 12.4 Å². The van der Waals surface area contributed by atoms with Gasteiger partial charge in [0.05, 0.1) is 11.3 Å². The molecule has 2 N–H and O–H groups in total. The number of ether oxygens (including phenoxy) is 1. The highest BCUT2D eigenvalue weighted by Crippen LogP contribution is 2.29. The van der Waals surface area contributed by atoms with Gasteiger partial charge in [0.2, 0.25) is 0 Å². The Balaban J connectivity index is 1.77. The molecule has 0 aliphatic carbocycles. The number of anilines is 1. The predicted molar refractivity (Wildman–Crippen MR) is 97.5 cm³/mol. The quantitative estimate of drug-likeness (QED) is 0.493. The molecule has 0 atom stereocenters. The van der Waals surface area contributed by atoms with E-state index >= 15 is 0 Å². The summed E-state index contributed by atoms with van der Waals surface area (Å²) in [6, 6.07) is 7.34. The van der Waals surface area contributed by atoms with E-state index in [0.29, 0.717) is 4.47 Å². The van der Waals surface area contributed by atoms with Crippen LogP contribution in [0, 0.1) is 5.82 Å². The Kier molecular flexibility index (Phi) is 7.32. The molecule has 2 aromatic rings. The van der Waals surface area contributed by atoms with E-state index in [0.717, 1.165) is 30.3 Å². The number of amides is 2. The van der Waals surface area contributed by atoms with Crippen molar-refractivity contribution in [2.45, 2.75) is 6.18 Å². The molecule has 0 fully saturated rings. The van der Waals surface area contributed by atoms with Crippen LogP contribution in [0.2, 0.25) is 0 Å². The molecular weight excluding hydrogens is 464 g/mol. The average Bonchev–Trinajstić information content (AvgIpc) is 2.66. The summed E-state index contributed by atoms with van der Waals surface area (Å²) in [7, 11) is 0. The molecule has 0 aliphatic heterocycles. The fourth-order valence-corrected chi connectivity index (χ4v) is 2.37. The number of nitrogens with one attached hydrogen (secondary N) is 2. The van der Waals surface area contributed by atoms with Crippen LogP contribution in [0.5, 0.6) is 0 Å². The van der Waals surface area contributed by atoms with E-state index in [1.807, 2.05) is 0 Å². The van der Waals surface area contributed by atoms with Crippen molar-refractivity contribution in [1.29, 1.82) is 0 Å². The molecule has 154 valence electrons. The molecule has 0 aromatic heterocycles. The van der Waals surface area contributed by atoms with Crippen LogP contribution in [0.1, 0.15) is 15.9 Å². The second-order valence-electron chi connectivity index (χ2n) is 5.59. The van der Waals surface area contributed by atoms with Gasteiger partial charge in [-0.1, -0.05) is 15.9 Å². The van der Waals surface area contributed by atoms with E-state index in [4.69, 9.17) is 0 Å². The maximum Gasteiger partial charge on any atom is 0.416 e. The van der Waals surface area contributed by atoms with Crippen molar-refractivity contribution in [2.75, 3.05) is 18.5 Å². The number of carbonyl (C=O) groups excluding carboxylic acids is 3. The van der Waals surface area contributed by atoms with Crippen molar-refractivity contribution < 1.29 is 36.7 Å². The fourth-order valence-electron chi connectivity index (χ4n) is 2.04. The smallest absolute Gasteiger partial charge is 0.416 e. The minimum atomic E-state index is -4.53. The van der Waals surface area contributed by atoms with Crippen molar-refractivity contribution >= 4 is 39.4 Å². The lowest BCUT2D eigenvalue weighted by Gasteiger charge is -2.09. The standard InChI is InChI=1S/C18H13BrF4N2O4/c19-12-5-6-14(13(20)7-12)25-15(26)9-29-16(27)8-24-17(28)10-1-3-11(4-2-10)18(21,22)23/h1-7H,8-9H2,(H,24,28)(H,25,26). The summed E-state index contributed by atoms with van der Waals surface area (Å²) in [5, 5.41) is 4.36. The average molecular weight is 477 g/mol. The minimum absolute atomic E-state index is 0.0887. The number of halogens is 5.